The highest BCUT2D eigenvalue weighted by molar-refractivity contribution is 4.63. The predicted molar refractivity (Wildman–Crippen MR) is 33.1 cm³/mol. The van der Waals surface area contributed by atoms with E-state index in [1.807, 2.05) is 0 Å². The van der Waals surface area contributed by atoms with Gasteiger partial charge < -0.3 is 29.5 Å². The van der Waals surface area contributed by atoms with Gasteiger partial charge in [-0.2, -0.15) is 0 Å². The van der Waals surface area contributed by atoms with Gasteiger partial charge in [-0.3, -0.25) is 0 Å². The van der Waals surface area contributed by atoms with E-state index < -0.39 is 11.9 Å². The van der Waals surface area contributed by atoms with Crippen molar-refractivity contribution in [2.45, 2.75) is 11.9 Å². The molecule has 0 aliphatic heterocycles. The van der Waals surface area contributed by atoms with Crippen molar-refractivity contribution in [3.63, 3.8) is 0 Å². The van der Waals surface area contributed by atoms with Gasteiger partial charge in [0, 0.05) is 21.3 Å². The van der Waals surface area contributed by atoms with Crippen molar-refractivity contribution >= 4 is 0 Å². The Bertz CT molecular complexity index is 104. The van der Waals surface area contributed by atoms with Crippen molar-refractivity contribution in [3.8, 4) is 0 Å². The molecule has 0 saturated carbocycles. The van der Waals surface area contributed by atoms with Crippen molar-refractivity contribution in [1.82, 2.24) is 0 Å². The quantitative estimate of drug-likeness (QED) is 0.430. The molecular weight excluding hydrogens is 156 g/mol. The van der Waals surface area contributed by atoms with E-state index in [1.54, 1.807) is 0 Å². The number of methoxy groups -OCH3 is 3. The molecule has 0 spiro atoms. The minimum Gasteiger partial charge on any atom is -0.337 e. The van der Waals surface area contributed by atoms with Gasteiger partial charge in [0.2, 0.25) is 0 Å². The third kappa shape index (κ3) is 1.86. The van der Waals surface area contributed by atoms with Gasteiger partial charge >= 0.3 is 11.9 Å². The highest BCUT2D eigenvalue weighted by Crippen LogP contribution is 2.22. The molecule has 0 aromatic rings. The molecule has 11 heavy (non-hydrogen) atoms. The maximum absolute atomic E-state index is 8.66. The van der Waals surface area contributed by atoms with Crippen LogP contribution in [-0.4, -0.2) is 48.6 Å². The summed E-state index contributed by atoms with van der Waals surface area (Å²) in [5.74, 6) is -5.47. The van der Waals surface area contributed by atoms with Gasteiger partial charge in [-0.1, -0.05) is 0 Å². The fraction of sp³-hybridized carbons (Fsp3) is 1.00. The molecule has 0 radical (unpaired) electrons. The van der Waals surface area contributed by atoms with E-state index in [1.165, 1.54) is 0 Å². The molecule has 0 unspecified atom stereocenters. The first-order chi connectivity index (χ1) is 4.93. The molecule has 0 rings (SSSR count). The lowest BCUT2D eigenvalue weighted by atomic mass is 10.4. The van der Waals surface area contributed by atoms with Gasteiger partial charge in [0.25, 0.3) is 0 Å². The summed E-state index contributed by atoms with van der Waals surface area (Å²) in [7, 11) is 3.26. The third-order valence-electron chi connectivity index (χ3n) is 1.22. The standard InChI is InChI=1S/C5H12O6/c1-9-5(10-2,11-3)4(6,7)8/h6-8H,1-3H3. The Balaban J connectivity index is 4.54. The van der Waals surface area contributed by atoms with Crippen LogP contribution in [0, 0.1) is 0 Å². The van der Waals surface area contributed by atoms with E-state index in [4.69, 9.17) is 15.3 Å². The van der Waals surface area contributed by atoms with E-state index in [-0.39, 0.29) is 0 Å². The first kappa shape index (κ1) is 10.8. The van der Waals surface area contributed by atoms with Crippen LogP contribution in [-0.2, 0) is 14.2 Å². The summed E-state index contributed by atoms with van der Waals surface area (Å²) in [6.45, 7) is 0. The molecule has 0 aliphatic carbocycles. The van der Waals surface area contributed by atoms with Crippen LogP contribution in [0.3, 0.4) is 0 Å². The maximum atomic E-state index is 8.66. The van der Waals surface area contributed by atoms with Gasteiger partial charge in [0.15, 0.2) is 0 Å². The average molecular weight is 168 g/mol. The fourth-order valence-electron chi connectivity index (χ4n) is 0.661. The number of hydrogen-bond acceptors (Lipinski definition) is 6. The van der Waals surface area contributed by atoms with Crippen LogP contribution in [0.1, 0.15) is 0 Å². The topological polar surface area (TPSA) is 88.4 Å². The second kappa shape index (κ2) is 3.44. The van der Waals surface area contributed by atoms with E-state index in [0.717, 1.165) is 21.3 Å². The van der Waals surface area contributed by atoms with Gasteiger partial charge in [-0.05, 0) is 0 Å². The molecule has 0 heterocycles. The zero-order chi connectivity index (χ0) is 9.12. The smallest absolute Gasteiger partial charge is 0.337 e. The largest absolute Gasteiger partial charge is 0.369 e. The van der Waals surface area contributed by atoms with Crippen LogP contribution in [0.25, 0.3) is 0 Å². The fourth-order valence-corrected chi connectivity index (χ4v) is 0.661. The SMILES string of the molecule is COC(OC)(OC)C(O)(O)O. The normalized spacial score (nSPS) is 13.6. The molecule has 0 amide bonds. The zero-order valence-electron chi connectivity index (χ0n) is 6.57. The zero-order valence-corrected chi connectivity index (χ0v) is 6.57. The predicted octanol–water partition coefficient (Wildman–Crippen LogP) is -1.79. The Labute approximate surface area is 63.9 Å². The van der Waals surface area contributed by atoms with Crippen molar-refractivity contribution < 1.29 is 29.5 Å². The van der Waals surface area contributed by atoms with Crippen LogP contribution in [0.5, 0.6) is 0 Å². The third-order valence-corrected chi connectivity index (χ3v) is 1.22. The molecule has 0 aromatic heterocycles. The van der Waals surface area contributed by atoms with Crippen LogP contribution in [0.4, 0.5) is 0 Å². The van der Waals surface area contributed by atoms with Gasteiger partial charge in [0.1, 0.15) is 0 Å². The lowest BCUT2D eigenvalue weighted by molar-refractivity contribution is -0.526. The summed E-state index contributed by atoms with van der Waals surface area (Å²) in [6.07, 6.45) is 0. The van der Waals surface area contributed by atoms with E-state index in [0.29, 0.717) is 0 Å². The van der Waals surface area contributed by atoms with Crippen molar-refractivity contribution in [1.29, 1.82) is 0 Å². The highest BCUT2D eigenvalue weighted by atomic mass is 16.9. The lowest BCUT2D eigenvalue weighted by Gasteiger charge is -2.34. The molecule has 0 saturated heterocycles. The molecule has 0 aliphatic rings. The summed E-state index contributed by atoms with van der Waals surface area (Å²) >= 11 is 0. The molecule has 68 valence electrons. The Hall–Kier alpha value is -0.240. The summed E-state index contributed by atoms with van der Waals surface area (Å²) in [4.78, 5) is 0. The molecule has 0 bridgehead atoms. The number of ether oxygens (including phenoxy) is 3. The Kier molecular flexibility index (Phi) is 3.36. The van der Waals surface area contributed by atoms with Gasteiger partial charge in [-0.15, -0.1) is 0 Å². The number of hydrogen-bond donors (Lipinski definition) is 3. The van der Waals surface area contributed by atoms with Crippen LogP contribution >= 0.6 is 0 Å². The molecule has 3 N–H and O–H groups in total. The minimum absolute atomic E-state index is 1.09. The summed E-state index contributed by atoms with van der Waals surface area (Å²) in [6, 6.07) is 0. The van der Waals surface area contributed by atoms with Crippen LogP contribution in [0.2, 0.25) is 0 Å². The maximum Gasteiger partial charge on any atom is 0.369 e. The Morgan fingerprint density at radius 3 is 1.09 bits per heavy atom. The van der Waals surface area contributed by atoms with Crippen molar-refractivity contribution in [2.24, 2.45) is 0 Å². The monoisotopic (exact) mass is 168 g/mol. The van der Waals surface area contributed by atoms with Crippen molar-refractivity contribution in [2.75, 3.05) is 21.3 Å². The Morgan fingerprint density at radius 1 is 0.818 bits per heavy atom. The number of aliphatic hydroxyl groups is 3. The van der Waals surface area contributed by atoms with E-state index in [9.17, 15) is 0 Å². The van der Waals surface area contributed by atoms with Gasteiger partial charge in [0.05, 0.1) is 0 Å². The van der Waals surface area contributed by atoms with E-state index >= 15 is 0 Å². The van der Waals surface area contributed by atoms with Crippen molar-refractivity contribution in [3.05, 3.63) is 0 Å². The summed E-state index contributed by atoms with van der Waals surface area (Å²) in [5, 5.41) is 26.0. The molecule has 0 aromatic carbocycles. The molecule has 6 heteroatoms. The van der Waals surface area contributed by atoms with Gasteiger partial charge in [-0.25, -0.2) is 0 Å². The Morgan fingerprint density at radius 2 is 1.09 bits per heavy atom. The van der Waals surface area contributed by atoms with E-state index in [2.05, 4.69) is 14.2 Å². The highest BCUT2D eigenvalue weighted by Gasteiger charge is 2.52. The molecule has 6 nitrogen and oxygen atoms in total. The van der Waals surface area contributed by atoms with Crippen LogP contribution < -0.4 is 0 Å². The second-order valence-corrected chi connectivity index (χ2v) is 1.80. The van der Waals surface area contributed by atoms with Crippen LogP contribution in [0.15, 0.2) is 0 Å². The molecule has 0 fully saturated rings. The molecular formula is C5H12O6. The molecule has 0 atom stereocenters. The second-order valence-electron chi connectivity index (χ2n) is 1.80. The minimum atomic E-state index is -3.20. The summed E-state index contributed by atoms with van der Waals surface area (Å²) < 4.78 is 13.2. The average Bonchev–Trinajstić information content (AvgIpc) is 1.90. The first-order valence-corrected chi connectivity index (χ1v) is 2.76. The first-order valence-electron chi connectivity index (χ1n) is 2.76. The summed E-state index contributed by atoms with van der Waals surface area (Å²) in [5.41, 5.74) is 0. The number of rotatable bonds is 4. The lowest BCUT2D eigenvalue weighted by Crippen LogP contribution is -2.58.